The van der Waals surface area contributed by atoms with Crippen molar-refractivity contribution in [2.24, 2.45) is 5.92 Å². The summed E-state index contributed by atoms with van der Waals surface area (Å²) in [6.45, 7) is 5.87. The van der Waals surface area contributed by atoms with Crippen LogP contribution in [-0.4, -0.2) is 48.8 Å². The molecule has 1 N–H and O–H groups in total. The van der Waals surface area contributed by atoms with Crippen molar-refractivity contribution in [3.05, 3.63) is 30.1 Å². The Morgan fingerprint density at radius 3 is 2.76 bits per heavy atom. The van der Waals surface area contributed by atoms with Crippen LogP contribution in [0.25, 0.3) is 0 Å². The lowest BCUT2D eigenvalue weighted by Crippen LogP contribution is -2.43. The number of nitrogens with zero attached hydrogens (tertiary/aromatic N) is 2. The van der Waals surface area contributed by atoms with Crippen molar-refractivity contribution in [2.75, 3.05) is 32.8 Å². The van der Waals surface area contributed by atoms with Gasteiger partial charge in [0.1, 0.15) is 0 Å². The Morgan fingerprint density at radius 1 is 1.38 bits per heavy atom. The molecule has 2 rings (SSSR count). The standard InChI is InChI=1S/C16H25N3O2/c1-2-19(10-5-14-3-8-17-9-4-14)16(20)18-13-15-6-11-21-12-7-15/h3-4,8-9,15H,2,5-7,10-13H2,1H3,(H,18,20). The average Bonchev–Trinajstić information content (AvgIpc) is 2.55. The average molecular weight is 291 g/mol. The zero-order valence-corrected chi connectivity index (χ0v) is 12.8. The lowest BCUT2D eigenvalue weighted by atomic mass is 10.0. The van der Waals surface area contributed by atoms with E-state index >= 15 is 0 Å². The highest BCUT2D eigenvalue weighted by Gasteiger charge is 2.16. The van der Waals surface area contributed by atoms with Gasteiger partial charge in [-0.15, -0.1) is 0 Å². The van der Waals surface area contributed by atoms with Crippen LogP contribution in [0.5, 0.6) is 0 Å². The summed E-state index contributed by atoms with van der Waals surface area (Å²) >= 11 is 0. The van der Waals surface area contributed by atoms with Gasteiger partial charge in [0.15, 0.2) is 0 Å². The molecule has 0 radical (unpaired) electrons. The molecule has 5 heteroatoms. The molecule has 116 valence electrons. The van der Waals surface area contributed by atoms with E-state index in [0.717, 1.165) is 52.1 Å². The number of rotatable bonds is 6. The number of carbonyl (C=O) groups excluding carboxylic acids is 1. The second-order valence-electron chi connectivity index (χ2n) is 5.43. The van der Waals surface area contributed by atoms with Crippen molar-refractivity contribution in [3.8, 4) is 0 Å². The Kier molecular flexibility index (Phi) is 6.47. The van der Waals surface area contributed by atoms with E-state index in [2.05, 4.69) is 10.3 Å². The Hall–Kier alpha value is -1.62. The summed E-state index contributed by atoms with van der Waals surface area (Å²) in [7, 11) is 0. The Bertz CT molecular complexity index is 419. The first-order chi connectivity index (χ1) is 10.3. The molecule has 0 bridgehead atoms. The summed E-state index contributed by atoms with van der Waals surface area (Å²) in [5, 5.41) is 3.06. The number of pyridine rings is 1. The molecule has 0 aliphatic carbocycles. The third-order valence-corrected chi connectivity index (χ3v) is 3.97. The molecule has 0 atom stereocenters. The highest BCUT2D eigenvalue weighted by atomic mass is 16.5. The fourth-order valence-electron chi connectivity index (χ4n) is 2.51. The number of aromatic nitrogens is 1. The van der Waals surface area contributed by atoms with Gasteiger partial charge in [-0.1, -0.05) is 0 Å². The van der Waals surface area contributed by atoms with Crippen molar-refractivity contribution < 1.29 is 9.53 Å². The molecule has 1 aromatic rings. The molecule has 5 nitrogen and oxygen atoms in total. The number of hydrogen-bond donors (Lipinski definition) is 1. The summed E-state index contributed by atoms with van der Waals surface area (Å²) in [6.07, 6.45) is 6.53. The second kappa shape index (κ2) is 8.62. The predicted molar refractivity (Wildman–Crippen MR) is 82.1 cm³/mol. The minimum absolute atomic E-state index is 0.0399. The number of carbonyl (C=O) groups is 1. The number of likely N-dealkylation sites (N-methyl/N-ethyl adjacent to an activating group) is 1. The van der Waals surface area contributed by atoms with E-state index in [4.69, 9.17) is 4.74 Å². The van der Waals surface area contributed by atoms with Gasteiger partial charge in [-0.3, -0.25) is 4.98 Å². The molecular formula is C16H25N3O2. The zero-order chi connectivity index (χ0) is 14.9. The maximum atomic E-state index is 12.2. The zero-order valence-electron chi connectivity index (χ0n) is 12.8. The van der Waals surface area contributed by atoms with Gasteiger partial charge < -0.3 is 15.0 Å². The van der Waals surface area contributed by atoms with Crippen molar-refractivity contribution in [3.63, 3.8) is 0 Å². The first-order valence-electron chi connectivity index (χ1n) is 7.79. The largest absolute Gasteiger partial charge is 0.381 e. The molecule has 0 unspecified atom stereocenters. The SMILES string of the molecule is CCN(CCc1ccncc1)C(=O)NCC1CCOCC1. The van der Waals surface area contributed by atoms with Crippen LogP contribution in [-0.2, 0) is 11.2 Å². The summed E-state index contributed by atoms with van der Waals surface area (Å²) in [5.74, 6) is 0.557. The van der Waals surface area contributed by atoms with Crippen LogP contribution < -0.4 is 5.32 Å². The molecule has 1 aliphatic rings. The van der Waals surface area contributed by atoms with Gasteiger partial charge in [-0.2, -0.15) is 0 Å². The molecule has 21 heavy (non-hydrogen) atoms. The summed E-state index contributed by atoms with van der Waals surface area (Å²) in [5.41, 5.74) is 1.21. The number of amides is 2. The Labute approximate surface area is 126 Å². The first-order valence-corrected chi connectivity index (χ1v) is 7.79. The molecular weight excluding hydrogens is 266 g/mol. The van der Waals surface area contributed by atoms with Crippen LogP contribution in [0, 0.1) is 5.92 Å². The van der Waals surface area contributed by atoms with Crippen LogP contribution in [0.2, 0.25) is 0 Å². The number of hydrogen-bond acceptors (Lipinski definition) is 3. The number of urea groups is 1. The van der Waals surface area contributed by atoms with E-state index in [0.29, 0.717) is 5.92 Å². The minimum atomic E-state index is 0.0399. The van der Waals surface area contributed by atoms with Gasteiger partial charge in [0.25, 0.3) is 0 Å². The van der Waals surface area contributed by atoms with Gasteiger partial charge in [-0.05, 0) is 49.8 Å². The number of ether oxygens (including phenoxy) is 1. The van der Waals surface area contributed by atoms with Gasteiger partial charge in [0.05, 0.1) is 0 Å². The van der Waals surface area contributed by atoms with Crippen molar-refractivity contribution in [1.82, 2.24) is 15.2 Å². The van der Waals surface area contributed by atoms with Crippen LogP contribution in [0.15, 0.2) is 24.5 Å². The lowest BCUT2D eigenvalue weighted by Gasteiger charge is -2.25. The molecule has 0 aromatic carbocycles. The first kappa shape index (κ1) is 15.8. The number of nitrogens with one attached hydrogen (secondary N) is 1. The van der Waals surface area contributed by atoms with Crippen molar-refractivity contribution >= 4 is 6.03 Å². The van der Waals surface area contributed by atoms with Crippen molar-refractivity contribution in [2.45, 2.75) is 26.2 Å². The summed E-state index contributed by atoms with van der Waals surface area (Å²) in [6, 6.07) is 4.03. The quantitative estimate of drug-likeness (QED) is 0.873. The topological polar surface area (TPSA) is 54.5 Å². The van der Waals surface area contributed by atoms with E-state index in [1.165, 1.54) is 5.56 Å². The molecule has 1 fully saturated rings. The van der Waals surface area contributed by atoms with E-state index in [9.17, 15) is 4.79 Å². The second-order valence-corrected chi connectivity index (χ2v) is 5.43. The van der Waals surface area contributed by atoms with Crippen LogP contribution in [0.1, 0.15) is 25.3 Å². The molecule has 1 aromatic heterocycles. The molecule has 1 saturated heterocycles. The highest BCUT2D eigenvalue weighted by Crippen LogP contribution is 2.13. The van der Waals surface area contributed by atoms with E-state index in [-0.39, 0.29) is 6.03 Å². The van der Waals surface area contributed by atoms with Gasteiger partial charge in [-0.25, -0.2) is 4.79 Å². The molecule has 2 amide bonds. The lowest BCUT2D eigenvalue weighted by molar-refractivity contribution is 0.0664. The Balaban J connectivity index is 1.73. The monoisotopic (exact) mass is 291 g/mol. The summed E-state index contributed by atoms with van der Waals surface area (Å²) in [4.78, 5) is 18.1. The maximum absolute atomic E-state index is 12.2. The molecule has 2 heterocycles. The van der Waals surface area contributed by atoms with Crippen molar-refractivity contribution in [1.29, 1.82) is 0 Å². The minimum Gasteiger partial charge on any atom is -0.381 e. The fraction of sp³-hybridized carbons (Fsp3) is 0.625. The normalized spacial score (nSPS) is 15.7. The van der Waals surface area contributed by atoms with Gasteiger partial charge in [0, 0.05) is 45.2 Å². The van der Waals surface area contributed by atoms with Gasteiger partial charge in [0.2, 0.25) is 0 Å². The predicted octanol–water partition coefficient (Wildman–Crippen LogP) is 2.08. The summed E-state index contributed by atoms with van der Waals surface area (Å²) < 4.78 is 5.33. The van der Waals surface area contributed by atoms with Crippen LogP contribution in [0.3, 0.4) is 0 Å². The van der Waals surface area contributed by atoms with Crippen LogP contribution >= 0.6 is 0 Å². The third-order valence-electron chi connectivity index (χ3n) is 3.97. The van der Waals surface area contributed by atoms with E-state index < -0.39 is 0 Å². The molecule has 0 spiro atoms. The Morgan fingerprint density at radius 2 is 2.10 bits per heavy atom. The van der Waals surface area contributed by atoms with E-state index in [1.807, 2.05) is 24.0 Å². The smallest absolute Gasteiger partial charge is 0.317 e. The van der Waals surface area contributed by atoms with Crippen LogP contribution in [0.4, 0.5) is 4.79 Å². The fourth-order valence-corrected chi connectivity index (χ4v) is 2.51. The van der Waals surface area contributed by atoms with E-state index in [1.54, 1.807) is 12.4 Å². The molecule has 0 saturated carbocycles. The highest BCUT2D eigenvalue weighted by molar-refractivity contribution is 5.74. The third kappa shape index (κ3) is 5.34. The molecule has 1 aliphatic heterocycles. The maximum Gasteiger partial charge on any atom is 0.317 e. The van der Waals surface area contributed by atoms with Gasteiger partial charge >= 0.3 is 6.03 Å².